The zero-order chi connectivity index (χ0) is 44.7. The Hall–Kier alpha value is -3.80. The molecule has 338 valence electrons. The van der Waals surface area contributed by atoms with Crippen molar-refractivity contribution in [3.63, 3.8) is 0 Å². The molecule has 0 unspecified atom stereocenters. The Morgan fingerprint density at radius 2 is 1.22 bits per heavy atom. The summed E-state index contributed by atoms with van der Waals surface area (Å²) in [5.41, 5.74) is 0.293. The summed E-state index contributed by atoms with van der Waals surface area (Å²) < 4.78 is 90.7. The number of nitrogens with one attached hydrogen (secondary N) is 3. The molecule has 0 spiro atoms. The zero-order valence-electron chi connectivity index (χ0n) is 35.7. The first kappa shape index (κ1) is 50.6. The van der Waals surface area contributed by atoms with Crippen molar-refractivity contribution in [1.82, 2.24) is 32.5 Å². The fraction of sp³-hybridized carbons (Fsp3) is 0.658. The van der Waals surface area contributed by atoms with Crippen LogP contribution in [0.5, 0.6) is 0 Å². The van der Waals surface area contributed by atoms with E-state index in [-0.39, 0.29) is 30.3 Å². The van der Waals surface area contributed by atoms with Gasteiger partial charge in [-0.3, -0.25) is 29.0 Å². The van der Waals surface area contributed by atoms with E-state index in [9.17, 15) is 39.6 Å². The molecule has 2 aromatic rings. The third-order valence-electron chi connectivity index (χ3n) is 10.2. The molecule has 3 N–H and O–H groups in total. The fourth-order valence-electron chi connectivity index (χ4n) is 6.81. The first-order valence-electron chi connectivity index (χ1n) is 20.3. The average molecular weight is 902 g/mol. The lowest BCUT2D eigenvalue weighted by Gasteiger charge is -2.30. The van der Waals surface area contributed by atoms with Crippen molar-refractivity contribution in [3.05, 3.63) is 49.1 Å². The van der Waals surface area contributed by atoms with E-state index in [4.69, 9.17) is 4.74 Å². The number of anilines is 2. The van der Waals surface area contributed by atoms with Gasteiger partial charge in [0.25, 0.3) is 10.2 Å². The van der Waals surface area contributed by atoms with Crippen LogP contribution in [0.25, 0.3) is 0 Å². The number of pyridine rings is 2. The number of rotatable bonds is 17. The summed E-state index contributed by atoms with van der Waals surface area (Å²) in [7, 11) is -11.0. The standard InChI is InChI=1S/C16H33N3O4S.2C11H15N3O3S/c1-6-11-18(8-3)15(20)23-13-14-10-9-12-19(14)24(21,22)17-16(4,5)7-2;2*1-9(15)11-5-3-7-14(11)18(16,17)13-10-4-2-6-12-8-10/h14,17H,6-13H2,1-5H3;2*2,4,6,8,11,13H,3,5,7H2,1H3/t14-;2*11-/m000/s1. The monoisotopic (exact) mass is 901 g/mol. The van der Waals surface area contributed by atoms with Crippen molar-refractivity contribution in [2.75, 3.05) is 48.8 Å². The molecular formula is C38H63N9O10S3. The Bertz CT molecular complexity index is 1930. The lowest BCUT2D eigenvalue weighted by atomic mass is 10.0. The minimum Gasteiger partial charge on any atom is -0.448 e. The average Bonchev–Trinajstić information content (AvgIpc) is 3.99. The molecule has 3 atom stereocenters. The van der Waals surface area contributed by atoms with E-state index in [1.165, 1.54) is 39.2 Å². The number of nitrogens with zero attached hydrogens (tertiary/aromatic N) is 6. The molecular weight excluding hydrogens is 839 g/mol. The number of hydrogen-bond acceptors (Lipinski definition) is 12. The normalized spacial score (nSPS) is 20.3. The van der Waals surface area contributed by atoms with Crippen LogP contribution in [0.15, 0.2) is 49.1 Å². The molecule has 0 aliphatic carbocycles. The van der Waals surface area contributed by atoms with Gasteiger partial charge in [0, 0.05) is 50.7 Å². The summed E-state index contributed by atoms with van der Waals surface area (Å²) in [6, 6.07) is 5.14. The molecule has 60 heavy (non-hydrogen) atoms. The number of amides is 1. The lowest BCUT2D eigenvalue weighted by Crippen LogP contribution is -2.52. The van der Waals surface area contributed by atoms with Gasteiger partial charge in [-0.25, -0.2) is 4.79 Å². The van der Waals surface area contributed by atoms with Crippen molar-refractivity contribution in [2.45, 2.75) is 123 Å². The van der Waals surface area contributed by atoms with Gasteiger partial charge in [0.2, 0.25) is 0 Å². The molecule has 0 saturated carbocycles. The summed E-state index contributed by atoms with van der Waals surface area (Å²) in [5, 5.41) is 0. The van der Waals surface area contributed by atoms with Gasteiger partial charge in [-0.05, 0) is 110 Å². The molecule has 5 rings (SSSR count). The van der Waals surface area contributed by atoms with Crippen molar-refractivity contribution in [1.29, 1.82) is 0 Å². The molecule has 3 saturated heterocycles. The maximum atomic E-state index is 12.6. The van der Waals surface area contributed by atoms with Gasteiger partial charge in [-0.1, -0.05) is 13.8 Å². The number of ketones is 2. The molecule has 3 fully saturated rings. The molecule has 3 aliphatic heterocycles. The summed E-state index contributed by atoms with van der Waals surface area (Å²) in [6.07, 6.45) is 11.2. The predicted octanol–water partition coefficient (Wildman–Crippen LogP) is 3.93. The Labute approximate surface area is 356 Å². The van der Waals surface area contributed by atoms with Gasteiger partial charge in [0.15, 0.2) is 0 Å². The molecule has 0 bridgehead atoms. The van der Waals surface area contributed by atoms with E-state index < -0.39 is 48.3 Å². The van der Waals surface area contributed by atoms with Gasteiger partial charge >= 0.3 is 26.5 Å². The Morgan fingerprint density at radius 1 is 0.750 bits per heavy atom. The Kier molecular flexibility index (Phi) is 19.3. The number of carbonyl (C=O) groups excluding carboxylic acids is 3. The minimum atomic E-state index is -3.68. The van der Waals surface area contributed by atoms with Gasteiger partial charge in [0.1, 0.15) is 18.2 Å². The van der Waals surface area contributed by atoms with Crippen molar-refractivity contribution < 1.29 is 44.4 Å². The predicted molar refractivity (Wildman–Crippen MR) is 229 cm³/mol. The largest absolute Gasteiger partial charge is 0.448 e. The quantitative estimate of drug-likeness (QED) is 0.205. The molecule has 3 aliphatic rings. The highest BCUT2D eigenvalue weighted by Gasteiger charge is 2.39. The van der Waals surface area contributed by atoms with Gasteiger partial charge < -0.3 is 9.64 Å². The minimum absolute atomic E-state index is 0.104. The third kappa shape index (κ3) is 15.0. The second-order valence-corrected chi connectivity index (χ2v) is 20.2. The van der Waals surface area contributed by atoms with Crippen LogP contribution >= 0.6 is 0 Å². The van der Waals surface area contributed by atoms with Crippen LogP contribution < -0.4 is 14.2 Å². The van der Waals surface area contributed by atoms with Crippen LogP contribution in [0.4, 0.5) is 16.2 Å². The zero-order valence-corrected chi connectivity index (χ0v) is 38.2. The fourth-order valence-corrected chi connectivity index (χ4v) is 11.7. The van der Waals surface area contributed by atoms with Crippen LogP contribution in [0.2, 0.25) is 0 Å². The van der Waals surface area contributed by atoms with Crippen LogP contribution in [0.3, 0.4) is 0 Å². The second-order valence-electron chi connectivity index (χ2n) is 15.4. The van der Waals surface area contributed by atoms with E-state index in [0.29, 0.717) is 82.6 Å². The number of hydrogen-bond donors (Lipinski definition) is 3. The number of aromatic nitrogens is 2. The van der Waals surface area contributed by atoms with E-state index in [1.54, 1.807) is 41.6 Å². The van der Waals surface area contributed by atoms with Crippen LogP contribution in [0.1, 0.15) is 99.8 Å². The van der Waals surface area contributed by atoms with Crippen LogP contribution in [-0.4, -0.2) is 134 Å². The second kappa shape index (κ2) is 22.9. The Balaban J connectivity index is 0.000000244. The molecule has 0 aromatic carbocycles. The first-order chi connectivity index (χ1) is 28.2. The molecule has 1 amide bonds. The molecule has 22 heteroatoms. The Morgan fingerprint density at radius 3 is 1.62 bits per heavy atom. The molecule has 5 heterocycles. The highest BCUT2D eigenvalue weighted by Crippen LogP contribution is 2.25. The number of Topliss-reactive ketones (excluding diaryl/α,β-unsaturated/α-hetero) is 2. The third-order valence-corrected chi connectivity index (χ3v) is 15.2. The molecule has 19 nitrogen and oxygen atoms in total. The van der Waals surface area contributed by atoms with E-state index in [2.05, 4.69) is 24.1 Å². The molecule has 2 aromatic heterocycles. The topological polar surface area (TPSA) is 238 Å². The van der Waals surface area contributed by atoms with E-state index in [0.717, 1.165) is 12.8 Å². The molecule has 0 radical (unpaired) electrons. The lowest BCUT2D eigenvalue weighted by molar-refractivity contribution is -0.120. The summed E-state index contributed by atoms with van der Waals surface area (Å²) in [6.45, 7) is 15.0. The summed E-state index contributed by atoms with van der Waals surface area (Å²) in [4.78, 5) is 44.2. The smallest absolute Gasteiger partial charge is 0.409 e. The summed E-state index contributed by atoms with van der Waals surface area (Å²) >= 11 is 0. The summed E-state index contributed by atoms with van der Waals surface area (Å²) in [5.74, 6) is -0.242. The maximum Gasteiger partial charge on any atom is 0.409 e. The van der Waals surface area contributed by atoms with Gasteiger partial charge in [-0.15, -0.1) is 0 Å². The number of carbonyl (C=O) groups is 3. The maximum absolute atomic E-state index is 12.6. The van der Waals surface area contributed by atoms with Crippen LogP contribution in [0, 0.1) is 0 Å². The van der Waals surface area contributed by atoms with Crippen molar-refractivity contribution in [3.8, 4) is 0 Å². The van der Waals surface area contributed by atoms with Crippen molar-refractivity contribution >= 4 is 59.7 Å². The van der Waals surface area contributed by atoms with E-state index >= 15 is 0 Å². The highest BCUT2D eigenvalue weighted by atomic mass is 32.2. The first-order valence-corrected chi connectivity index (χ1v) is 24.6. The highest BCUT2D eigenvalue weighted by molar-refractivity contribution is 7.90. The number of ether oxygens (including phenoxy) is 1. The van der Waals surface area contributed by atoms with Crippen molar-refractivity contribution in [2.24, 2.45) is 0 Å². The van der Waals surface area contributed by atoms with Gasteiger partial charge in [-0.2, -0.15) is 42.9 Å². The van der Waals surface area contributed by atoms with E-state index in [1.807, 2.05) is 34.6 Å². The SMILES string of the molecule is CC(=O)[C@@H]1CCCN1S(=O)(=O)Nc1cccnc1.CC(=O)[C@@H]1CCCN1S(=O)(=O)Nc1cccnc1.CCCN(CC)C(=O)OC[C@@H]1CCCN1S(=O)(=O)NC(C)(C)CC. The van der Waals surface area contributed by atoms with Crippen LogP contribution in [-0.2, 0) is 45.0 Å². The van der Waals surface area contributed by atoms with Gasteiger partial charge in [0.05, 0.1) is 41.9 Å².